The molecule has 1 amide bonds. The van der Waals surface area contributed by atoms with E-state index in [4.69, 9.17) is 23.2 Å². The Kier molecular flexibility index (Phi) is 4.45. The highest BCUT2D eigenvalue weighted by Crippen LogP contribution is 2.24. The quantitative estimate of drug-likeness (QED) is 0.669. The van der Waals surface area contributed by atoms with E-state index in [1.165, 1.54) is 30.3 Å². The maximum Gasteiger partial charge on any atom is 0.269 e. The van der Waals surface area contributed by atoms with Gasteiger partial charge < -0.3 is 5.32 Å². The SMILES string of the molecule is Cc1cc([N+](=O)[O-])ccc1NC(=O)c1cc(Cl)ccc1Cl. The summed E-state index contributed by atoms with van der Waals surface area (Å²) < 4.78 is 0. The zero-order chi connectivity index (χ0) is 15.6. The van der Waals surface area contributed by atoms with Gasteiger partial charge in [-0.1, -0.05) is 23.2 Å². The minimum absolute atomic E-state index is 0.0358. The lowest BCUT2D eigenvalue weighted by Crippen LogP contribution is -2.13. The lowest BCUT2D eigenvalue weighted by atomic mass is 10.1. The van der Waals surface area contributed by atoms with Gasteiger partial charge in [-0.15, -0.1) is 0 Å². The lowest BCUT2D eigenvalue weighted by molar-refractivity contribution is -0.384. The van der Waals surface area contributed by atoms with Crippen LogP contribution in [0.1, 0.15) is 15.9 Å². The van der Waals surface area contributed by atoms with E-state index in [1.807, 2.05) is 0 Å². The molecule has 0 radical (unpaired) electrons. The van der Waals surface area contributed by atoms with Crippen LogP contribution >= 0.6 is 23.2 Å². The fourth-order valence-corrected chi connectivity index (χ4v) is 2.14. The van der Waals surface area contributed by atoms with Gasteiger partial charge in [0.05, 0.1) is 15.5 Å². The van der Waals surface area contributed by atoms with Crippen LogP contribution in [-0.4, -0.2) is 10.8 Å². The number of nitrogens with zero attached hydrogens (tertiary/aromatic N) is 1. The van der Waals surface area contributed by atoms with Crippen LogP contribution in [0.3, 0.4) is 0 Å². The zero-order valence-electron chi connectivity index (χ0n) is 10.9. The first kappa shape index (κ1) is 15.3. The van der Waals surface area contributed by atoms with Crippen LogP contribution in [0.25, 0.3) is 0 Å². The normalized spacial score (nSPS) is 10.2. The van der Waals surface area contributed by atoms with Gasteiger partial charge in [0, 0.05) is 22.8 Å². The summed E-state index contributed by atoms with van der Waals surface area (Å²) in [4.78, 5) is 22.4. The molecule has 2 rings (SSSR count). The molecule has 21 heavy (non-hydrogen) atoms. The first-order valence-electron chi connectivity index (χ1n) is 5.90. The van der Waals surface area contributed by atoms with Crippen molar-refractivity contribution in [2.45, 2.75) is 6.92 Å². The highest BCUT2D eigenvalue weighted by atomic mass is 35.5. The lowest BCUT2D eigenvalue weighted by Gasteiger charge is -2.09. The molecule has 0 unspecified atom stereocenters. The summed E-state index contributed by atoms with van der Waals surface area (Å²) in [6.07, 6.45) is 0. The van der Waals surface area contributed by atoms with Crippen molar-refractivity contribution in [3.63, 3.8) is 0 Å². The van der Waals surface area contributed by atoms with E-state index in [9.17, 15) is 14.9 Å². The van der Waals surface area contributed by atoms with Crippen molar-refractivity contribution in [3.05, 3.63) is 67.7 Å². The standard InChI is InChI=1S/C14H10Cl2N2O3/c1-8-6-10(18(20)21)3-5-13(8)17-14(19)11-7-9(15)2-4-12(11)16/h2-7H,1H3,(H,17,19). The number of anilines is 1. The van der Waals surface area contributed by atoms with Crippen molar-refractivity contribution >= 4 is 40.5 Å². The Morgan fingerprint density at radius 1 is 1.19 bits per heavy atom. The van der Waals surface area contributed by atoms with Gasteiger partial charge in [-0.2, -0.15) is 0 Å². The first-order valence-corrected chi connectivity index (χ1v) is 6.65. The molecule has 0 bridgehead atoms. The van der Waals surface area contributed by atoms with Crippen molar-refractivity contribution < 1.29 is 9.72 Å². The largest absolute Gasteiger partial charge is 0.322 e. The molecule has 0 spiro atoms. The van der Waals surface area contributed by atoms with Crippen molar-refractivity contribution in [1.82, 2.24) is 0 Å². The van der Waals surface area contributed by atoms with E-state index in [0.29, 0.717) is 16.3 Å². The molecule has 0 saturated heterocycles. The zero-order valence-corrected chi connectivity index (χ0v) is 12.4. The van der Waals surface area contributed by atoms with Crippen LogP contribution in [0.15, 0.2) is 36.4 Å². The van der Waals surface area contributed by atoms with Gasteiger partial charge in [0.15, 0.2) is 0 Å². The number of nitro groups is 1. The highest BCUT2D eigenvalue weighted by Gasteiger charge is 2.14. The third-order valence-corrected chi connectivity index (χ3v) is 3.41. The van der Waals surface area contributed by atoms with E-state index in [1.54, 1.807) is 13.0 Å². The van der Waals surface area contributed by atoms with Gasteiger partial charge in [0.25, 0.3) is 11.6 Å². The van der Waals surface area contributed by atoms with Crippen LogP contribution < -0.4 is 5.32 Å². The second kappa shape index (κ2) is 6.11. The minimum atomic E-state index is -0.494. The number of nitro benzene ring substituents is 1. The van der Waals surface area contributed by atoms with Gasteiger partial charge in [-0.25, -0.2) is 0 Å². The molecular weight excluding hydrogens is 315 g/mol. The molecule has 2 aromatic carbocycles. The summed E-state index contributed by atoms with van der Waals surface area (Å²) in [6, 6.07) is 8.75. The number of halogens is 2. The molecule has 7 heteroatoms. The molecule has 0 aliphatic rings. The van der Waals surface area contributed by atoms with Gasteiger partial charge in [-0.05, 0) is 36.8 Å². The molecule has 0 aromatic heterocycles. The summed E-state index contributed by atoms with van der Waals surface area (Å²) in [6.45, 7) is 1.67. The number of non-ortho nitro benzene ring substituents is 1. The van der Waals surface area contributed by atoms with Gasteiger partial charge in [0.2, 0.25) is 0 Å². The van der Waals surface area contributed by atoms with Gasteiger partial charge in [-0.3, -0.25) is 14.9 Å². The monoisotopic (exact) mass is 324 g/mol. The van der Waals surface area contributed by atoms with E-state index < -0.39 is 10.8 Å². The molecule has 0 heterocycles. The van der Waals surface area contributed by atoms with Gasteiger partial charge >= 0.3 is 0 Å². The average molecular weight is 325 g/mol. The Labute approximate surface area is 130 Å². The van der Waals surface area contributed by atoms with E-state index in [0.717, 1.165) is 0 Å². The molecule has 0 fully saturated rings. The van der Waals surface area contributed by atoms with Gasteiger partial charge in [0.1, 0.15) is 0 Å². The number of nitrogens with one attached hydrogen (secondary N) is 1. The topological polar surface area (TPSA) is 72.2 Å². The predicted octanol–water partition coefficient (Wildman–Crippen LogP) is 4.46. The number of aryl methyl sites for hydroxylation is 1. The molecule has 0 aliphatic carbocycles. The summed E-state index contributed by atoms with van der Waals surface area (Å²) >= 11 is 11.8. The Morgan fingerprint density at radius 3 is 2.52 bits per heavy atom. The van der Waals surface area contributed by atoms with E-state index in [2.05, 4.69) is 5.32 Å². The second-order valence-corrected chi connectivity index (χ2v) is 5.18. The molecule has 2 aromatic rings. The Balaban J connectivity index is 2.27. The fourth-order valence-electron chi connectivity index (χ4n) is 1.76. The average Bonchev–Trinajstić information content (AvgIpc) is 2.43. The maximum absolute atomic E-state index is 12.2. The van der Waals surface area contributed by atoms with Crippen molar-refractivity contribution in [1.29, 1.82) is 0 Å². The van der Waals surface area contributed by atoms with Crippen molar-refractivity contribution in [3.8, 4) is 0 Å². The van der Waals surface area contributed by atoms with Crippen LogP contribution in [0.4, 0.5) is 11.4 Å². The summed E-state index contributed by atoms with van der Waals surface area (Å²) in [5.74, 6) is -0.431. The van der Waals surface area contributed by atoms with Crippen LogP contribution in [0.2, 0.25) is 10.0 Å². The second-order valence-electron chi connectivity index (χ2n) is 4.33. The summed E-state index contributed by atoms with van der Waals surface area (Å²) in [5.41, 5.74) is 1.26. The van der Waals surface area contributed by atoms with Crippen LogP contribution in [0.5, 0.6) is 0 Å². The molecule has 1 N–H and O–H groups in total. The van der Waals surface area contributed by atoms with Crippen molar-refractivity contribution in [2.75, 3.05) is 5.32 Å². The number of hydrogen-bond donors (Lipinski definition) is 1. The predicted molar refractivity (Wildman–Crippen MR) is 82.2 cm³/mol. The Morgan fingerprint density at radius 2 is 1.90 bits per heavy atom. The highest BCUT2D eigenvalue weighted by molar-refractivity contribution is 6.36. The Bertz CT molecular complexity index is 732. The smallest absolute Gasteiger partial charge is 0.269 e. The number of amides is 1. The third kappa shape index (κ3) is 3.51. The Hall–Kier alpha value is -2.11. The van der Waals surface area contributed by atoms with Crippen LogP contribution in [-0.2, 0) is 0 Å². The summed E-state index contributed by atoms with van der Waals surface area (Å²) in [5, 5.41) is 14.0. The van der Waals surface area contributed by atoms with E-state index in [-0.39, 0.29) is 16.3 Å². The number of rotatable bonds is 3. The maximum atomic E-state index is 12.2. The summed E-state index contributed by atoms with van der Waals surface area (Å²) in [7, 11) is 0. The third-order valence-electron chi connectivity index (χ3n) is 2.84. The van der Waals surface area contributed by atoms with Crippen molar-refractivity contribution in [2.24, 2.45) is 0 Å². The number of benzene rings is 2. The molecule has 0 saturated carbocycles. The van der Waals surface area contributed by atoms with Crippen LogP contribution in [0, 0.1) is 17.0 Å². The number of carbonyl (C=O) groups is 1. The first-order chi connectivity index (χ1) is 9.88. The molecular formula is C14H10Cl2N2O3. The minimum Gasteiger partial charge on any atom is -0.322 e. The fraction of sp³-hybridized carbons (Fsp3) is 0.0714. The molecule has 5 nitrogen and oxygen atoms in total. The molecule has 0 aliphatic heterocycles. The molecule has 0 atom stereocenters. The number of hydrogen-bond acceptors (Lipinski definition) is 3. The molecule has 108 valence electrons. The number of carbonyl (C=O) groups excluding carboxylic acids is 1. The van der Waals surface area contributed by atoms with E-state index >= 15 is 0 Å².